The Kier molecular flexibility index (Phi) is 6.71. The van der Waals surface area contributed by atoms with E-state index < -0.39 is 5.60 Å². The zero-order valence-electron chi connectivity index (χ0n) is 16.1. The Morgan fingerprint density at radius 2 is 1.64 bits per heavy atom. The first-order valence-corrected chi connectivity index (χ1v) is 10.2. The highest BCUT2D eigenvalue weighted by atomic mass is 127. The van der Waals surface area contributed by atoms with Crippen LogP contribution in [0, 0.1) is 24.3 Å². The highest BCUT2D eigenvalue weighted by Crippen LogP contribution is 2.31. The van der Waals surface area contributed by atoms with Crippen LogP contribution in [0.1, 0.15) is 43.0 Å². The lowest BCUT2D eigenvalue weighted by Gasteiger charge is -2.36. The van der Waals surface area contributed by atoms with E-state index in [-0.39, 0.29) is 6.09 Å². The minimum atomic E-state index is -0.440. The Labute approximate surface area is 170 Å². The van der Waals surface area contributed by atoms with Crippen molar-refractivity contribution in [3.8, 4) is 0 Å². The van der Waals surface area contributed by atoms with Gasteiger partial charge in [-0.1, -0.05) is 0 Å². The van der Waals surface area contributed by atoms with E-state index in [2.05, 4.69) is 48.3 Å². The van der Waals surface area contributed by atoms with Gasteiger partial charge in [0.05, 0.1) is 0 Å². The average molecular weight is 476 g/mol. The molecule has 1 aliphatic heterocycles. The molecule has 140 valence electrons. The second-order valence-corrected chi connectivity index (χ2v) is 9.29. The van der Waals surface area contributed by atoms with Crippen LogP contribution >= 0.6 is 35.2 Å². The molecule has 25 heavy (non-hydrogen) atoms. The molecule has 6 heteroatoms. The van der Waals surface area contributed by atoms with Gasteiger partial charge in [0.25, 0.3) is 0 Å². The molecular weight excluding hydrogens is 447 g/mol. The molecular formula is C19H29IN2O2S. The van der Waals surface area contributed by atoms with Crippen LogP contribution in [-0.4, -0.2) is 47.7 Å². The smallest absolute Gasteiger partial charge is 0.410 e. The van der Waals surface area contributed by atoms with Crippen molar-refractivity contribution in [3.05, 3.63) is 25.8 Å². The molecule has 0 bridgehead atoms. The fourth-order valence-electron chi connectivity index (χ4n) is 3.10. The van der Waals surface area contributed by atoms with E-state index in [9.17, 15) is 4.79 Å². The largest absolute Gasteiger partial charge is 0.444 e. The van der Waals surface area contributed by atoms with Crippen LogP contribution < -0.4 is 0 Å². The molecule has 1 aliphatic rings. The number of thiol groups is 1. The highest BCUT2D eigenvalue weighted by molar-refractivity contribution is 14.1. The van der Waals surface area contributed by atoms with Crippen molar-refractivity contribution >= 4 is 41.3 Å². The van der Waals surface area contributed by atoms with Crippen molar-refractivity contribution in [1.29, 1.82) is 0 Å². The summed E-state index contributed by atoms with van der Waals surface area (Å²) < 4.78 is 6.77. The van der Waals surface area contributed by atoms with Gasteiger partial charge < -0.3 is 9.64 Å². The summed E-state index contributed by atoms with van der Waals surface area (Å²) in [5.41, 5.74) is 4.81. The third kappa shape index (κ3) is 5.04. The SMILES string of the molecule is Cc1c(S)c(C)c(CN2CCN(C(=O)OC(C)(C)C)CC2)c(C)c1I. The van der Waals surface area contributed by atoms with Gasteiger partial charge in [-0.25, -0.2) is 4.79 Å². The van der Waals surface area contributed by atoms with E-state index in [1.807, 2.05) is 25.7 Å². The standard InChI is InChI=1S/C19H29IN2O2S/c1-12-15(13(2)17(25)14(3)16(12)20)11-21-7-9-22(10-8-21)18(23)24-19(4,5)6/h25H,7-11H2,1-6H3. The summed E-state index contributed by atoms with van der Waals surface area (Å²) in [6.07, 6.45) is -0.206. The predicted molar refractivity (Wildman–Crippen MR) is 114 cm³/mol. The minimum absolute atomic E-state index is 0.206. The lowest BCUT2D eigenvalue weighted by atomic mass is 9.99. The lowest BCUT2D eigenvalue weighted by Crippen LogP contribution is -2.49. The van der Waals surface area contributed by atoms with Crippen LogP contribution in [0.5, 0.6) is 0 Å². The van der Waals surface area contributed by atoms with Gasteiger partial charge in [0.1, 0.15) is 5.60 Å². The summed E-state index contributed by atoms with van der Waals surface area (Å²) in [6, 6.07) is 0. The van der Waals surface area contributed by atoms with Crippen LogP contribution in [0.3, 0.4) is 0 Å². The second kappa shape index (κ2) is 8.05. The summed E-state index contributed by atoms with van der Waals surface area (Å²) in [4.78, 5) is 17.5. The Bertz CT molecular complexity index is 633. The van der Waals surface area contributed by atoms with Crippen LogP contribution in [0.15, 0.2) is 4.90 Å². The summed E-state index contributed by atoms with van der Waals surface area (Å²) in [7, 11) is 0. The van der Waals surface area contributed by atoms with Gasteiger partial charge in [-0.05, 0) is 86.4 Å². The van der Waals surface area contributed by atoms with Gasteiger partial charge in [-0.2, -0.15) is 0 Å². The number of rotatable bonds is 2. The highest BCUT2D eigenvalue weighted by Gasteiger charge is 2.26. The number of benzene rings is 1. The zero-order valence-corrected chi connectivity index (χ0v) is 19.1. The molecule has 4 nitrogen and oxygen atoms in total. The first-order chi connectivity index (χ1) is 11.5. The fraction of sp³-hybridized carbons (Fsp3) is 0.632. The van der Waals surface area contributed by atoms with Gasteiger partial charge in [-0.15, -0.1) is 12.6 Å². The van der Waals surface area contributed by atoms with Gasteiger partial charge >= 0.3 is 6.09 Å². The van der Waals surface area contributed by atoms with E-state index in [0.717, 1.165) is 24.5 Å². The number of nitrogens with zero attached hydrogens (tertiary/aromatic N) is 2. The van der Waals surface area contributed by atoms with Crippen LogP contribution in [-0.2, 0) is 11.3 Å². The summed E-state index contributed by atoms with van der Waals surface area (Å²) in [5.74, 6) is 0. The number of hydrogen-bond donors (Lipinski definition) is 1. The minimum Gasteiger partial charge on any atom is -0.444 e. The normalized spacial score (nSPS) is 16.2. The number of piperazine rings is 1. The molecule has 2 rings (SSSR count). The molecule has 0 aromatic heterocycles. The van der Waals surface area contributed by atoms with Gasteiger partial charge in [-0.3, -0.25) is 4.90 Å². The molecule has 1 amide bonds. The molecule has 0 spiro atoms. The molecule has 0 saturated carbocycles. The first-order valence-electron chi connectivity index (χ1n) is 8.68. The molecule has 0 N–H and O–H groups in total. The predicted octanol–water partition coefficient (Wildman–Crippen LogP) is 4.56. The molecule has 1 fully saturated rings. The summed E-state index contributed by atoms with van der Waals surface area (Å²) >= 11 is 7.12. The quantitative estimate of drug-likeness (QED) is 0.502. The van der Waals surface area contributed by atoms with E-state index in [0.29, 0.717) is 13.1 Å². The van der Waals surface area contributed by atoms with Crippen molar-refractivity contribution in [3.63, 3.8) is 0 Å². The number of hydrogen-bond acceptors (Lipinski definition) is 4. The number of carbonyl (C=O) groups is 1. The monoisotopic (exact) mass is 476 g/mol. The number of carbonyl (C=O) groups excluding carboxylic acids is 1. The zero-order chi connectivity index (χ0) is 18.9. The maximum atomic E-state index is 12.2. The van der Waals surface area contributed by atoms with Crippen molar-refractivity contribution in [1.82, 2.24) is 9.80 Å². The molecule has 0 radical (unpaired) electrons. The van der Waals surface area contributed by atoms with Crippen LogP contribution in [0.4, 0.5) is 4.79 Å². The first kappa shape index (κ1) is 20.8. The molecule has 0 unspecified atom stereocenters. The van der Waals surface area contributed by atoms with Gasteiger partial charge in [0.15, 0.2) is 0 Å². The molecule has 1 heterocycles. The fourth-order valence-corrected chi connectivity index (χ4v) is 4.15. The van der Waals surface area contributed by atoms with E-state index in [1.54, 1.807) is 0 Å². The molecule has 1 saturated heterocycles. The second-order valence-electron chi connectivity index (χ2n) is 7.76. The maximum absolute atomic E-state index is 12.2. The maximum Gasteiger partial charge on any atom is 0.410 e. The summed E-state index contributed by atoms with van der Waals surface area (Å²) in [5, 5.41) is 0. The lowest BCUT2D eigenvalue weighted by molar-refractivity contribution is 0.0138. The summed E-state index contributed by atoms with van der Waals surface area (Å²) in [6.45, 7) is 16.3. The van der Waals surface area contributed by atoms with E-state index >= 15 is 0 Å². The Balaban J connectivity index is 2.03. The topological polar surface area (TPSA) is 32.8 Å². The number of amides is 1. The number of halogens is 1. The van der Waals surface area contributed by atoms with Crippen molar-refractivity contribution in [2.75, 3.05) is 26.2 Å². The Morgan fingerprint density at radius 3 is 2.16 bits per heavy atom. The van der Waals surface area contributed by atoms with Crippen LogP contribution in [0.2, 0.25) is 0 Å². The Hall–Kier alpha value is -0.470. The van der Waals surface area contributed by atoms with Crippen molar-refractivity contribution in [2.24, 2.45) is 0 Å². The van der Waals surface area contributed by atoms with Crippen molar-refractivity contribution < 1.29 is 9.53 Å². The van der Waals surface area contributed by atoms with Crippen LogP contribution in [0.25, 0.3) is 0 Å². The molecule has 1 aromatic carbocycles. The molecule has 1 aromatic rings. The number of ether oxygens (including phenoxy) is 1. The van der Waals surface area contributed by atoms with Gasteiger partial charge in [0, 0.05) is 41.2 Å². The van der Waals surface area contributed by atoms with Crippen molar-refractivity contribution in [2.45, 2.75) is 58.6 Å². The third-order valence-corrected chi connectivity index (χ3v) is 6.97. The molecule has 0 aliphatic carbocycles. The average Bonchev–Trinajstić information content (AvgIpc) is 2.54. The third-order valence-electron chi connectivity index (χ3n) is 4.68. The van der Waals surface area contributed by atoms with Gasteiger partial charge in [0.2, 0.25) is 0 Å². The van der Waals surface area contributed by atoms with E-state index in [4.69, 9.17) is 17.4 Å². The van der Waals surface area contributed by atoms with E-state index in [1.165, 1.54) is 25.8 Å². The molecule has 0 atom stereocenters. The Morgan fingerprint density at radius 1 is 1.08 bits per heavy atom.